The molecule has 0 saturated heterocycles. The third-order valence-corrected chi connectivity index (χ3v) is 6.09. The number of fused-ring (bicyclic) bond motifs is 2. The first-order valence-electron chi connectivity index (χ1n) is 10.8. The normalized spacial score (nSPS) is 12.8. The van der Waals surface area contributed by atoms with Gasteiger partial charge in [-0.25, -0.2) is 0 Å². The van der Waals surface area contributed by atoms with Gasteiger partial charge in [0.1, 0.15) is 5.58 Å². The van der Waals surface area contributed by atoms with Gasteiger partial charge in [-0.05, 0) is 43.3 Å². The van der Waals surface area contributed by atoms with Crippen LogP contribution in [0, 0.1) is 6.92 Å². The van der Waals surface area contributed by atoms with Crippen molar-refractivity contribution in [3.8, 4) is 17.1 Å². The number of aryl methyl sites for hydroxylation is 1. The van der Waals surface area contributed by atoms with Crippen LogP contribution in [0.3, 0.4) is 0 Å². The summed E-state index contributed by atoms with van der Waals surface area (Å²) in [6.45, 7) is 1.64. The zero-order valence-corrected chi connectivity index (χ0v) is 19.3. The summed E-state index contributed by atoms with van der Waals surface area (Å²) in [5, 5.41) is 0.564. The maximum absolute atomic E-state index is 13.3. The molecule has 3 aromatic carbocycles. The van der Waals surface area contributed by atoms with Crippen LogP contribution in [0.5, 0.6) is 5.75 Å². The van der Waals surface area contributed by atoms with E-state index in [9.17, 15) is 19.2 Å². The Morgan fingerprint density at radius 2 is 1.54 bits per heavy atom. The van der Waals surface area contributed by atoms with Gasteiger partial charge in [0.15, 0.2) is 5.76 Å². The van der Waals surface area contributed by atoms with Crippen LogP contribution in [-0.4, -0.2) is 29.2 Å². The lowest BCUT2D eigenvalue weighted by Crippen LogP contribution is -2.32. The van der Waals surface area contributed by atoms with Crippen LogP contribution in [0.1, 0.15) is 32.7 Å². The first kappa shape index (κ1) is 22.6. The van der Waals surface area contributed by atoms with Gasteiger partial charge in [-0.3, -0.25) is 24.1 Å². The molecule has 0 radical (unpaired) electrons. The Morgan fingerprint density at radius 1 is 0.914 bits per heavy atom. The van der Waals surface area contributed by atoms with Gasteiger partial charge < -0.3 is 9.15 Å². The van der Waals surface area contributed by atoms with Crippen LogP contribution in [-0.2, 0) is 4.79 Å². The van der Waals surface area contributed by atoms with E-state index in [2.05, 4.69) is 0 Å². The van der Waals surface area contributed by atoms with Gasteiger partial charge >= 0.3 is 5.97 Å². The predicted octanol–water partition coefficient (Wildman–Crippen LogP) is 5.01. The number of benzene rings is 3. The highest BCUT2D eigenvalue weighted by molar-refractivity contribution is 6.33. The molecular formula is C27H18ClNO6. The van der Waals surface area contributed by atoms with E-state index in [4.69, 9.17) is 20.8 Å². The zero-order valence-electron chi connectivity index (χ0n) is 18.5. The third kappa shape index (κ3) is 4.00. The van der Waals surface area contributed by atoms with Crippen LogP contribution < -0.4 is 10.2 Å². The molecule has 5 rings (SSSR count). The summed E-state index contributed by atoms with van der Waals surface area (Å²) < 4.78 is 11.5. The third-order valence-electron chi connectivity index (χ3n) is 5.76. The zero-order chi connectivity index (χ0) is 24.7. The van der Waals surface area contributed by atoms with Gasteiger partial charge in [0, 0.05) is 12.1 Å². The fraction of sp³-hybridized carbons (Fsp3) is 0.111. The highest BCUT2D eigenvalue weighted by Crippen LogP contribution is 2.35. The Balaban J connectivity index is 1.46. The monoisotopic (exact) mass is 487 g/mol. The molecule has 2 amide bonds. The minimum absolute atomic E-state index is 0.0195. The first-order valence-corrected chi connectivity index (χ1v) is 11.2. The van der Waals surface area contributed by atoms with Crippen molar-refractivity contribution in [1.29, 1.82) is 0 Å². The summed E-state index contributed by atoms with van der Waals surface area (Å²) >= 11 is 6.34. The van der Waals surface area contributed by atoms with E-state index in [1.54, 1.807) is 66.7 Å². The highest BCUT2D eigenvalue weighted by Gasteiger charge is 2.35. The molecule has 1 aromatic heterocycles. The van der Waals surface area contributed by atoms with Crippen molar-refractivity contribution < 1.29 is 23.5 Å². The number of imide groups is 1. The maximum atomic E-state index is 13.3. The molecule has 8 heteroatoms. The fourth-order valence-corrected chi connectivity index (χ4v) is 4.24. The molecule has 0 aliphatic carbocycles. The van der Waals surface area contributed by atoms with Gasteiger partial charge in [-0.1, -0.05) is 47.5 Å². The smallest absolute Gasteiger partial charge is 0.313 e. The SMILES string of the molecule is Cc1ccc2oc(-c3ccccc3Cl)c(OC(=O)CCN3C(=O)c4ccccc4C3=O)c(=O)c2c1. The number of halogens is 1. The van der Waals surface area contributed by atoms with E-state index in [-0.39, 0.29) is 41.0 Å². The molecule has 7 nitrogen and oxygen atoms in total. The highest BCUT2D eigenvalue weighted by atomic mass is 35.5. The number of carbonyl (C=O) groups is 3. The second kappa shape index (κ2) is 8.85. The molecule has 0 fully saturated rings. The number of amides is 2. The van der Waals surface area contributed by atoms with E-state index in [1.165, 1.54) is 0 Å². The van der Waals surface area contributed by atoms with Crippen molar-refractivity contribution >= 4 is 40.4 Å². The molecule has 0 unspecified atom stereocenters. The number of nitrogens with zero attached hydrogens (tertiary/aromatic N) is 1. The minimum atomic E-state index is -0.797. The number of hydrogen-bond acceptors (Lipinski definition) is 6. The Kier molecular flexibility index (Phi) is 5.70. The van der Waals surface area contributed by atoms with Crippen LogP contribution in [0.15, 0.2) is 75.9 Å². The number of rotatable bonds is 5. The molecule has 174 valence electrons. The average Bonchev–Trinajstić information content (AvgIpc) is 3.10. The largest absolute Gasteiger partial charge is 0.452 e. The lowest BCUT2D eigenvalue weighted by Gasteiger charge is -2.14. The summed E-state index contributed by atoms with van der Waals surface area (Å²) in [5.41, 5.74) is 1.59. The van der Waals surface area contributed by atoms with Gasteiger partial charge in [0.25, 0.3) is 11.8 Å². The Morgan fingerprint density at radius 3 is 2.20 bits per heavy atom. The van der Waals surface area contributed by atoms with Crippen molar-refractivity contribution in [2.24, 2.45) is 0 Å². The maximum Gasteiger partial charge on any atom is 0.313 e. The molecule has 0 saturated carbocycles. The molecule has 0 bridgehead atoms. The molecule has 0 atom stereocenters. The summed E-state index contributed by atoms with van der Waals surface area (Å²) in [5.74, 6) is -2.03. The Hall–Kier alpha value is -4.23. The topological polar surface area (TPSA) is 93.9 Å². The fourth-order valence-electron chi connectivity index (χ4n) is 4.02. The molecular weight excluding hydrogens is 470 g/mol. The molecule has 0 spiro atoms. The Labute approximate surface area is 204 Å². The van der Waals surface area contributed by atoms with Crippen molar-refractivity contribution in [1.82, 2.24) is 4.90 Å². The predicted molar refractivity (Wildman–Crippen MR) is 130 cm³/mol. The molecule has 2 heterocycles. The second-order valence-electron chi connectivity index (χ2n) is 8.10. The average molecular weight is 488 g/mol. The van der Waals surface area contributed by atoms with E-state index >= 15 is 0 Å². The summed E-state index contributed by atoms with van der Waals surface area (Å²) in [7, 11) is 0. The van der Waals surface area contributed by atoms with E-state index < -0.39 is 23.2 Å². The summed E-state index contributed by atoms with van der Waals surface area (Å²) in [4.78, 5) is 52.2. The number of hydrogen-bond donors (Lipinski definition) is 0. The van der Waals surface area contributed by atoms with E-state index in [0.717, 1.165) is 10.5 Å². The quantitative estimate of drug-likeness (QED) is 0.290. The summed E-state index contributed by atoms with van der Waals surface area (Å²) in [6.07, 6.45) is -0.307. The first-order chi connectivity index (χ1) is 16.8. The van der Waals surface area contributed by atoms with Crippen LogP contribution in [0.2, 0.25) is 5.02 Å². The lowest BCUT2D eigenvalue weighted by atomic mass is 10.1. The van der Waals surface area contributed by atoms with Crippen molar-refractivity contribution in [2.45, 2.75) is 13.3 Å². The van der Waals surface area contributed by atoms with Crippen molar-refractivity contribution in [2.75, 3.05) is 6.54 Å². The van der Waals surface area contributed by atoms with Gasteiger partial charge in [0.2, 0.25) is 11.2 Å². The molecule has 4 aromatic rings. The van der Waals surface area contributed by atoms with Crippen LogP contribution in [0.4, 0.5) is 0 Å². The molecule has 1 aliphatic rings. The standard InChI is InChI=1S/C27H18ClNO6/c1-15-10-11-21-19(14-15)23(31)25(24(34-21)18-8-4-5-9-20(18)28)35-22(30)12-13-29-26(32)16-6-2-3-7-17(16)27(29)33/h2-11,14H,12-13H2,1H3. The number of esters is 1. The van der Waals surface area contributed by atoms with Crippen molar-refractivity contribution in [3.63, 3.8) is 0 Å². The number of ether oxygens (including phenoxy) is 1. The van der Waals surface area contributed by atoms with Gasteiger partial charge in [0.05, 0.1) is 28.0 Å². The molecule has 35 heavy (non-hydrogen) atoms. The molecule has 0 N–H and O–H groups in total. The van der Waals surface area contributed by atoms with Gasteiger partial charge in [-0.15, -0.1) is 0 Å². The lowest BCUT2D eigenvalue weighted by molar-refractivity contribution is -0.134. The van der Waals surface area contributed by atoms with E-state index in [1.807, 2.05) is 6.92 Å². The number of carbonyl (C=O) groups excluding carboxylic acids is 3. The minimum Gasteiger partial charge on any atom is -0.452 e. The second-order valence-corrected chi connectivity index (χ2v) is 8.51. The van der Waals surface area contributed by atoms with Gasteiger partial charge in [-0.2, -0.15) is 0 Å². The van der Waals surface area contributed by atoms with Crippen molar-refractivity contribution in [3.05, 3.63) is 98.7 Å². The van der Waals surface area contributed by atoms with Crippen LogP contribution >= 0.6 is 11.6 Å². The van der Waals surface area contributed by atoms with E-state index in [0.29, 0.717) is 16.2 Å². The summed E-state index contributed by atoms with van der Waals surface area (Å²) in [6, 6.07) is 18.3. The Bertz CT molecular complexity index is 1550. The molecule has 1 aliphatic heterocycles. The van der Waals surface area contributed by atoms with Crippen LogP contribution in [0.25, 0.3) is 22.3 Å².